The molecule has 1 amide bonds. The molecular formula is C17H22FNO4. The van der Waals surface area contributed by atoms with E-state index in [9.17, 15) is 14.0 Å². The number of hydrogen-bond donors (Lipinski definition) is 1. The number of amides is 1. The minimum atomic E-state index is -0.789. The van der Waals surface area contributed by atoms with Crippen LogP contribution in [0.1, 0.15) is 26.2 Å². The lowest BCUT2D eigenvalue weighted by Gasteiger charge is -2.35. The molecular weight excluding hydrogens is 301 g/mol. The number of ether oxygens (including phenoxy) is 1. The second-order valence-corrected chi connectivity index (χ2v) is 5.93. The van der Waals surface area contributed by atoms with Crippen molar-refractivity contribution >= 4 is 11.9 Å². The van der Waals surface area contributed by atoms with Crippen LogP contribution in [0.3, 0.4) is 0 Å². The zero-order valence-corrected chi connectivity index (χ0v) is 13.2. The molecule has 2 rings (SSSR count). The number of halogens is 1. The zero-order valence-electron chi connectivity index (χ0n) is 13.2. The van der Waals surface area contributed by atoms with E-state index in [1.807, 2.05) is 6.92 Å². The number of likely N-dealkylation sites (tertiary alicyclic amines) is 1. The molecule has 23 heavy (non-hydrogen) atoms. The van der Waals surface area contributed by atoms with E-state index in [0.717, 1.165) is 0 Å². The molecule has 1 aromatic rings. The van der Waals surface area contributed by atoms with Gasteiger partial charge in [-0.2, -0.15) is 0 Å². The summed E-state index contributed by atoms with van der Waals surface area (Å²) in [7, 11) is 0. The fourth-order valence-corrected chi connectivity index (χ4v) is 2.86. The van der Waals surface area contributed by atoms with Gasteiger partial charge in [-0.05, 0) is 30.9 Å². The first kappa shape index (κ1) is 17.2. The first-order valence-electron chi connectivity index (χ1n) is 7.87. The smallest absolute Gasteiger partial charge is 0.306 e. The molecule has 0 bridgehead atoms. The number of carboxylic acid groups (broad SMARTS) is 1. The topological polar surface area (TPSA) is 66.8 Å². The Hall–Kier alpha value is -2.11. The van der Waals surface area contributed by atoms with Gasteiger partial charge in [-0.15, -0.1) is 0 Å². The Labute approximate surface area is 135 Å². The summed E-state index contributed by atoms with van der Waals surface area (Å²) in [5.41, 5.74) is 0. The van der Waals surface area contributed by atoms with Crippen LogP contribution >= 0.6 is 0 Å². The van der Waals surface area contributed by atoms with Gasteiger partial charge in [0, 0.05) is 19.5 Å². The normalized spacial score (nSPS) is 21.0. The van der Waals surface area contributed by atoms with Gasteiger partial charge >= 0.3 is 5.97 Å². The Balaban J connectivity index is 1.71. The number of para-hydroxylation sites is 1. The predicted octanol–water partition coefficient (Wildman–Crippen LogP) is 2.55. The quantitative estimate of drug-likeness (QED) is 0.817. The van der Waals surface area contributed by atoms with Crippen LogP contribution in [0, 0.1) is 17.7 Å². The van der Waals surface area contributed by atoms with Crippen LogP contribution in [0.4, 0.5) is 4.39 Å². The van der Waals surface area contributed by atoms with Crippen molar-refractivity contribution in [2.24, 2.45) is 11.8 Å². The largest absolute Gasteiger partial charge is 0.491 e. The van der Waals surface area contributed by atoms with Crippen LogP contribution in [0.2, 0.25) is 0 Å². The van der Waals surface area contributed by atoms with Gasteiger partial charge in [0.1, 0.15) is 0 Å². The van der Waals surface area contributed by atoms with Crippen LogP contribution < -0.4 is 4.74 Å². The summed E-state index contributed by atoms with van der Waals surface area (Å²) in [6.07, 6.45) is 1.31. The molecule has 1 aliphatic rings. The highest BCUT2D eigenvalue weighted by molar-refractivity contribution is 5.77. The van der Waals surface area contributed by atoms with E-state index in [-0.39, 0.29) is 30.1 Å². The molecule has 2 atom stereocenters. The lowest BCUT2D eigenvalue weighted by Crippen LogP contribution is -2.45. The molecule has 1 aliphatic heterocycles. The van der Waals surface area contributed by atoms with Crippen LogP contribution in [0.25, 0.3) is 0 Å². The SMILES string of the molecule is CC1CN(C(=O)CCCOc2ccccc2F)CCC1C(=O)O. The third-order valence-electron chi connectivity index (χ3n) is 4.20. The van der Waals surface area contributed by atoms with Crippen molar-refractivity contribution in [3.05, 3.63) is 30.1 Å². The third-order valence-corrected chi connectivity index (χ3v) is 4.20. The van der Waals surface area contributed by atoms with Crippen molar-refractivity contribution in [2.45, 2.75) is 26.2 Å². The van der Waals surface area contributed by atoms with Gasteiger partial charge in [0.15, 0.2) is 11.6 Å². The third kappa shape index (κ3) is 4.68. The van der Waals surface area contributed by atoms with Gasteiger partial charge in [-0.1, -0.05) is 19.1 Å². The minimum Gasteiger partial charge on any atom is -0.491 e. The Kier molecular flexibility index (Phi) is 5.96. The van der Waals surface area contributed by atoms with Crippen LogP contribution in [-0.4, -0.2) is 41.6 Å². The number of hydrogen-bond acceptors (Lipinski definition) is 3. The Morgan fingerprint density at radius 2 is 2.13 bits per heavy atom. The van der Waals surface area contributed by atoms with E-state index in [0.29, 0.717) is 32.4 Å². The van der Waals surface area contributed by atoms with Gasteiger partial charge in [0.2, 0.25) is 5.91 Å². The molecule has 0 aromatic heterocycles. The first-order chi connectivity index (χ1) is 11.0. The highest BCUT2D eigenvalue weighted by atomic mass is 19.1. The van der Waals surface area contributed by atoms with E-state index >= 15 is 0 Å². The number of aliphatic carboxylic acids is 1. The molecule has 0 radical (unpaired) electrons. The lowest BCUT2D eigenvalue weighted by atomic mass is 9.87. The molecule has 2 unspecified atom stereocenters. The molecule has 0 spiro atoms. The number of benzene rings is 1. The molecule has 1 heterocycles. The monoisotopic (exact) mass is 323 g/mol. The number of rotatable bonds is 6. The summed E-state index contributed by atoms with van der Waals surface area (Å²) >= 11 is 0. The second kappa shape index (κ2) is 7.94. The maximum atomic E-state index is 13.4. The second-order valence-electron chi connectivity index (χ2n) is 5.93. The summed E-state index contributed by atoms with van der Waals surface area (Å²) in [6.45, 7) is 3.09. The molecule has 1 aromatic carbocycles. The van der Waals surface area contributed by atoms with E-state index < -0.39 is 11.8 Å². The first-order valence-corrected chi connectivity index (χ1v) is 7.87. The number of nitrogens with zero attached hydrogens (tertiary/aromatic N) is 1. The number of carbonyl (C=O) groups is 2. The van der Waals surface area contributed by atoms with Gasteiger partial charge in [-0.3, -0.25) is 9.59 Å². The van der Waals surface area contributed by atoms with Gasteiger partial charge in [-0.25, -0.2) is 4.39 Å². The molecule has 0 aliphatic carbocycles. The van der Waals surface area contributed by atoms with Gasteiger partial charge < -0.3 is 14.7 Å². The van der Waals surface area contributed by atoms with E-state index in [2.05, 4.69) is 0 Å². The molecule has 1 saturated heterocycles. The predicted molar refractivity (Wildman–Crippen MR) is 82.6 cm³/mol. The average Bonchev–Trinajstić information content (AvgIpc) is 2.52. The van der Waals surface area contributed by atoms with Crippen molar-refractivity contribution in [3.8, 4) is 5.75 Å². The summed E-state index contributed by atoms with van der Waals surface area (Å²) in [5, 5.41) is 9.09. The fraction of sp³-hybridized carbons (Fsp3) is 0.529. The summed E-state index contributed by atoms with van der Waals surface area (Å²) in [5.74, 6) is -1.43. The van der Waals surface area contributed by atoms with Crippen LogP contribution in [0.5, 0.6) is 5.75 Å². The molecule has 1 N–H and O–H groups in total. The van der Waals surface area contributed by atoms with Crippen LogP contribution in [-0.2, 0) is 9.59 Å². The molecule has 5 nitrogen and oxygen atoms in total. The maximum Gasteiger partial charge on any atom is 0.306 e. The summed E-state index contributed by atoms with van der Waals surface area (Å²) in [6, 6.07) is 6.16. The standard InChI is InChI=1S/C17H22FNO4/c1-12-11-19(9-8-13(12)17(21)22)16(20)7-4-10-23-15-6-3-2-5-14(15)18/h2-3,5-6,12-13H,4,7-11H2,1H3,(H,21,22). The number of piperidine rings is 1. The van der Waals surface area contributed by atoms with E-state index in [1.165, 1.54) is 6.07 Å². The number of carbonyl (C=O) groups excluding carboxylic acids is 1. The van der Waals surface area contributed by atoms with Crippen molar-refractivity contribution < 1.29 is 23.8 Å². The van der Waals surface area contributed by atoms with Gasteiger partial charge in [0.05, 0.1) is 12.5 Å². The Morgan fingerprint density at radius 1 is 1.39 bits per heavy atom. The van der Waals surface area contributed by atoms with Crippen LogP contribution in [0.15, 0.2) is 24.3 Å². The molecule has 1 fully saturated rings. The molecule has 6 heteroatoms. The maximum absolute atomic E-state index is 13.4. The Morgan fingerprint density at radius 3 is 2.78 bits per heavy atom. The molecule has 0 saturated carbocycles. The summed E-state index contributed by atoms with van der Waals surface area (Å²) in [4.78, 5) is 24.9. The zero-order chi connectivity index (χ0) is 16.8. The fourth-order valence-electron chi connectivity index (χ4n) is 2.86. The average molecular weight is 323 g/mol. The van der Waals surface area contributed by atoms with Crippen molar-refractivity contribution in [1.29, 1.82) is 0 Å². The highest BCUT2D eigenvalue weighted by Crippen LogP contribution is 2.24. The lowest BCUT2D eigenvalue weighted by molar-refractivity contribution is -0.148. The van der Waals surface area contributed by atoms with Crippen molar-refractivity contribution in [3.63, 3.8) is 0 Å². The molecule has 126 valence electrons. The minimum absolute atomic E-state index is 0.00202. The van der Waals surface area contributed by atoms with Gasteiger partial charge in [0.25, 0.3) is 0 Å². The van der Waals surface area contributed by atoms with E-state index in [4.69, 9.17) is 9.84 Å². The number of carboxylic acids is 1. The highest BCUT2D eigenvalue weighted by Gasteiger charge is 2.32. The van der Waals surface area contributed by atoms with E-state index in [1.54, 1.807) is 23.1 Å². The van der Waals surface area contributed by atoms with Crippen molar-refractivity contribution in [2.75, 3.05) is 19.7 Å². The Bertz CT molecular complexity index is 563. The van der Waals surface area contributed by atoms with Crippen molar-refractivity contribution in [1.82, 2.24) is 4.90 Å². The summed E-state index contributed by atoms with van der Waals surface area (Å²) < 4.78 is 18.7.